The van der Waals surface area contributed by atoms with Crippen LogP contribution in [0, 0.1) is 17.5 Å². The minimum Gasteiger partial charge on any atom is -0.495 e. The van der Waals surface area contributed by atoms with E-state index in [0.717, 1.165) is 29.5 Å². The van der Waals surface area contributed by atoms with Gasteiger partial charge in [-0.25, -0.2) is 22.0 Å². The lowest BCUT2D eigenvalue weighted by atomic mass is 9.97. The van der Waals surface area contributed by atoms with E-state index in [4.69, 9.17) is 0 Å². The SMILES string of the molecule is C=COC/C(F)=C(\F)c1ccc(-c2ccc(-c3ccc(CCc4cc(F)c(OC(F)(F)F)c(F)c4)c(F)c3)cc2)cc1. The molecule has 0 aliphatic carbocycles. The first kappa shape index (κ1) is 30.4. The molecule has 10 heteroatoms. The maximum Gasteiger partial charge on any atom is 0.573 e. The molecule has 0 aliphatic rings. The van der Waals surface area contributed by atoms with E-state index in [2.05, 4.69) is 16.1 Å². The van der Waals surface area contributed by atoms with E-state index in [-0.39, 0.29) is 29.5 Å². The van der Waals surface area contributed by atoms with E-state index < -0.39 is 47.8 Å². The predicted molar refractivity (Wildman–Crippen MR) is 143 cm³/mol. The third-order valence-corrected chi connectivity index (χ3v) is 6.27. The molecule has 0 fully saturated rings. The van der Waals surface area contributed by atoms with Gasteiger partial charge in [0, 0.05) is 5.56 Å². The molecule has 0 radical (unpaired) electrons. The Labute approximate surface area is 236 Å². The quantitative estimate of drug-likeness (QED) is 0.135. The van der Waals surface area contributed by atoms with Gasteiger partial charge in [-0.3, -0.25) is 0 Å². The van der Waals surface area contributed by atoms with Crippen molar-refractivity contribution in [3.8, 4) is 28.0 Å². The average Bonchev–Trinajstić information content (AvgIpc) is 2.96. The van der Waals surface area contributed by atoms with E-state index in [1.165, 1.54) is 24.3 Å². The van der Waals surface area contributed by atoms with E-state index in [1.54, 1.807) is 42.5 Å². The summed E-state index contributed by atoms with van der Waals surface area (Å²) in [6.45, 7) is 2.72. The highest BCUT2D eigenvalue weighted by atomic mass is 19.4. The van der Waals surface area contributed by atoms with Gasteiger partial charge >= 0.3 is 6.36 Å². The maximum absolute atomic E-state index is 14.9. The van der Waals surface area contributed by atoms with Gasteiger partial charge in [-0.15, -0.1) is 13.2 Å². The second-order valence-electron chi connectivity index (χ2n) is 9.09. The lowest BCUT2D eigenvalue weighted by molar-refractivity contribution is -0.276. The van der Waals surface area contributed by atoms with Crippen LogP contribution < -0.4 is 4.74 Å². The van der Waals surface area contributed by atoms with E-state index in [0.29, 0.717) is 11.1 Å². The van der Waals surface area contributed by atoms with Gasteiger partial charge in [-0.1, -0.05) is 67.2 Å². The summed E-state index contributed by atoms with van der Waals surface area (Å²) < 4.78 is 116. The van der Waals surface area contributed by atoms with Crippen LogP contribution in [0.1, 0.15) is 16.7 Å². The number of aryl methyl sites for hydroxylation is 2. The lowest BCUT2D eigenvalue weighted by Gasteiger charge is -2.12. The zero-order valence-corrected chi connectivity index (χ0v) is 21.8. The van der Waals surface area contributed by atoms with Crippen LogP contribution in [-0.2, 0) is 17.6 Å². The van der Waals surface area contributed by atoms with Crippen LogP contribution >= 0.6 is 0 Å². The number of halogens is 8. The molecule has 0 N–H and O–H groups in total. The van der Waals surface area contributed by atoms with Crippen LogP contribution in [0.4, 0.5) is 35.1 Å². The van der Waals surface area contributed by atoms with Gasteiger partial charge in [0.05, 0.1) is 6.26 Å². The Kier molecular flexibility index (Phi) is 9.35. The highest BCUT2D eigenvalue weighted by Crippen LogP contribution is 2.31. The number of rotatable bonds is 10. The van der Waals surface area contributed by atoms with Crippen molar-refractivity contribution in [3.05, 3.63) is 132 Å². The summed E-state index contributed by atoms with van der Waals surface area (Å²) in [5.74, 6) is -7.21. The fourth-order valence-electron chi connectivity index (χ4n) is 4.19. The molecule has 0 spiro atoms. The zero-order chi connectivity index (χ0) is 30.4. The number of hydrogen-bond donors (Lipinski definition) is 0. The molecule has 4 aromatic rings. The molecule has 0 saturated heterocycles. The molecule has 2 nitrogen and oxygen atoms in total. The molecule has 0 bridgehead atoms. The summed E-state index contributed by atoms with van der Waals surface area (Å²) in [5.41, 5.74) is 3.13. The van der Waals surface area contributed by atoms with Crippen molar-refractivity contribution in [2.24, 2.45) is 0 Å². The summed E-state index contributed by atoms with van der Waals surface area (Å²) >= 11 is 0. The van der Waals surface area contributed by atoms with Gasteiger partial charge in [0.2, 0.25) is 5.75 Å². The Balaban J connectivity index is 1.43. The summed E-state index contributed by atoms with van der Waals surface area (Å²) in [6.07, 6.45) is -4.22. The van der Waals surface area contributed by atoms with E-state index in [9.17, 15) is 35.1 Å². The van der Waals surface area contributed by atoms with Gasteiger partial charge in [-0.2, -0.15) is 0 Å². The predicted octanol–water partition coefficient (Wildman–Crippen LogP) is 9.89. The molecule has 218 valence electrons. The van der Waals surface area contributed by atoms with Crippen molar-refractivity contribution in [3.63, 3.8) is 0 Å². The average molecular weight is 591 g/mol. The van der Waals surface area contributed by atoms with Crippen molar-refractivity contribution < 1.29 is 44.6 Å². The molecule has 4 aromatic carbocycles. The molecule has 0 atom stereocenters. The Morgan fingerprint density at radius 3 is 1.74 bits per heavy atom. The molecular weight excluding hydrogens is 568 g/mol. The molecule has 0 unspecified atom stereocenters. The smallest absolute Gasteiger partial charge is 0.495 e. The molecule has 0 heterocycles. The zero-order valence-electron chi connectivity index (χ0n) is 21.8. The molecule has 0 amide bonds. The molecule has 4 rings (SSSR count). The van der Waals surface area contributed by atoms with Gasteiger partial charge in [0.25, 0.3) is 0 Å². The van der Waals surface area contributed by atoms with Crippen LogP contribution in [0.25, 0.3) is 28.1 Å². The summed E-state index contributed by atoms with van der Waals surface area (Å²) in [5, 5.41) is 0. The fraction of sp³-hybridized carbons (Fsp3) is 0.125. The monoisotopic (exact) mass is 590 g/mol. The van der Waals surface area contributed by atoms with Gasteiger partial charge < -0.3 is 9.47 Å². The van der Waals surface area contributed by atoms with Crippen molar-refractivity contribution in [2.75, 3.05) is 6.61 Å². The first-order chi connectivity index (χ1) is 19.9. The second-order valence-corrected chi connectivity index (χ2v) is 9.09. The lowest BCUT2D eigenvalue weighted by Crippen LogP contribution is -2.19. The van der Waals surface area contributed by atoms with Crippen LogP contribution in [0.5, 0.6) is 5.75 Å². The molecule has 0 saturated carbocycles. The van der Waals surface area contributed by atoms with E-state index >= 15 is 0 Å². The highest BCUT2D eigenvalue weighted by molar-refractivity contribution is 5.72. The maximum atomic E-state index is 14.9. The highest BCUT2D eigenvalue weighted by Gasteiger charge is 2.34. The molecule has 42 heavy (non-hydrogen) atoms. The van der Waals surface area contributed by atoms with Gasteiger partial charge in [-0.05, 0) is 64.4 Å². The minimum atomic E-state index is -5.25. The number of hydrogen-bond acceptors (Lipinski definition) is 2. The third kappa shape index (κ3) is 7.57. The van der Waals surface area contributed by atoms with E-state index in [1.807, 2.05) is 0 Å². The standard InChI is InChI=1S/C32H22F8O2/c1-2-41-18-29(36)30(37)24-12-9-21(10-13-24)20-5-7-22(8-6-20)25-14-11-23(26(33)17-25)4-3-19-15-27(34)31(28(35)16-19)42-32(38,39)40/h2,5-17H,1,3-4,18H2/b30-29+. The van der Waals surface area contributed by atoms with Crippen molar-refractivity contribution >= 4 is 5.83 Å². The first-order valence-electron chi connectivity index (χ1n) is 12.4. The van der Waals surface area contributed by atoms with Gasteiger partial charge in [0.1, 0.15) is 12.4 Å². The second kappa shape index (κ2) is 12.9. The normalized spacial score (nSPS) is 12.1. The largest absolute Gasteiger partial charge is 0.573 e. The van der Waals surface area contributed by atoms with Gasteiger partial charge in [0.15, 0.2) is 23.3 Å². The summed E-state index contributed by atoms with van der Waals surface area (Å²) in [6, 6.07) is 19.2. The Bertz CT molecular complexity index is 1570. The Morgan fingerprint density at radius 1 is 0.690 bits per heavy atom. The Hall–Kier alpha value is -4.60. The number of alkyl halides is 3. The fourth-order valence-corrected chi connectivity index (χ4v) is 4.19. The number of ether oxygens (including phenoxy) is 2. The van der Waals surface area contributed by atoms with Crippen LogP contribution in [0.2, 0.25) is 0 Å². The molecular formula is C32H22F8O2. The molecule has 0 aliphatic heterocycles. The number of benzene rings is 4. The van der Waals surface area contributed by atoms with Crippen LogP contribution in [0.15, 0.2) is 97.5 Å². The third-order valence-electron chi connectivity index (χ3n) is 6.27. The minimum absolute atomic E-state index is 0.0289. The van der Waals surface area contributed by atoms with Crippen LogP contribution in [0.3, 0.4) is 0 Å². The summed E-state index contributed by atoms with van der Waals surface area (Å²) in [7, 11) is 0. The Morgan fingerprint density at radius 2 is 1.21 bits per heavy atom. The van der Waals surface area contributed by atoms with Crippen molar-refractivity contribution in [1.29, 1.82) is 0 Å². The van der Waals surface area contributed by atoms with Crippen molar-refractivity contribution in [2.45, 2.75) is 19.2 Å². The van der Waals surface area contributed by atoms with Crippen LogP contribution in [-0.4, -0.2) is 13.0 Å². The van der Waals surface area contributed by atoms with Crippen molar-refractivity contribution in [1.82, 2.24) is 0 Å². The topological polar surface area (TPSA) is 18.5 Å². The summed E-state index contributed by atoms with van der Waals surface area (Å²) in [4.78, 5) is 0. The molecule has 0 aromatic heterocycles. The first-order valence-corrected chi connectivity index (χ1v) is 12.4.